The lowest BCUT2D eigenvalue weighted by Crippen LogP contribution is -2.41. The van der Waals surface area contributed by atoms with E-state index in [1.807, 2.05) is 5.10 Å². The van der Waals surface area contributed by atoms with Gasteiger partial charge in [0.05, 0.1) is 18.3 Å². The number of aryl methyl sites for hydroxylation is 1. The molecule has 1 atom stereocenters. The smallest absolute Gasteiger partial charge is 0.393 e. The Bertz CT molecular complexity index is 733. The molecule has 0 saturated heterocycles. The fourth-order valence-corrected chi connectivity index (χ4v) is 2.77. The van der Waals surface area contributed by atoms with Crippen molar-refractivity contribution in [2.24, 2.45) is 13.0 Å². The molecule has 7 nitrogen and oxygen atoms in total. The van der Waals surface area contributed by atoms with E-state index in [2.05, 4.69) is 15.5 Å². The van der Waals surface area contributed by atoms with E-state index < -0.39 is 29.9 Å². The standard InChI is InChI=1S/C14H16F3N5O2/c1-22-6-8(5-18-22)12(7-2-9(23)3-7)19-13(24)10-4-11(21-20-10)14(15,16)17/h4-7,9,12,23H,2-3H2,1H3,(H,19,24)(H,20,21)/t7?,9?,12-/m1/s1. The number of hydrogen-bond acceptors (Lipinski definition) is 4. The van der Waals surface area contributed by atoms with Crippen molar-refractivity contribution in [2.75, 3.05) is 0 Å². The normalized spacial score (nSPS) is 22.0. The van der Waals surface area contributed by atoms with Crippen LogP contribution in [-0.2, 0) is 13.2 Å². The summed E-state index contributed by atoms with van der Waals surface area (Å²) in [5.74, 6) is -0.717. The van der Waals surface area contributed by atoms with Gasteiger partial charge in [-0.1, -0.05) is 0 Å². The minimum atomic E-state index is -4.59. The van der Waals surface area contributed by atoms with Gasteiger partial charge in [0.25, 0.3) is 5.91 Å². The van der Waals surface area contributed by atoms with Gasteiger partial charge in [-0.3, -0.25) is 14.6 Å². The Morgan fingerprint density at radius 2 is 2.21 bits per heavy atom. The average Bonchev–Trinajstić information content (AvgIpc) is 3.09. The van der Waals surface area contributed by atoms with Gasteiger partial charge in [0.1, 0.15) is 5.69 Å². The van der Waals surface area contributed by atoms with Crippen molar-refractivity contribution < 1.29 is 23.1 Å². The molecule has 3 rings (SSSR count). The maximum atomic E-state index is 12.6. The zero-order valence-electron chi connectivity index (χ0n) is 12.7. The third-order valence-corrected chi connectivity index (χ3v) is 4.11. The molecule has 130 valence electrons. The zero-order valence-corrected chi connectivity index (χ0v) is 12.7. The highest BCUT2D eigenvalue weighted by Crippen LogP contribution is 2.38. The number of aliphatic hydroxyl groups excluding tert-OH is 1. The summed E-state index contributed by atoms with van der Waals surface area (Å²) in [7, 11) is 1.72. The van der Waals surface area contributed by atoms with Crippen LogP contribution in [-0.4, -0.2) is 37.1 Å². The first kappa shape index (κ1) is 16.5. The molecular weight excluding hydrogens is 327 g/mol. The average molecular weight is 343 g/mol. The van der Waals surface area contributed by atoms with Gasteiger partial charge < -0.3 is 10.4 Å². The van der Waals surface area contributed by atoms with Gasteiger partial charge in [-0.05, 0) is 18.8 Å². The molecule has 24 heavy (non-hydrogen) atoms. The van der Waals surface area contributed by atoms with Crippen molar-refractivity contribution in [3.8, 4) is 0 Å². The van der Waals surface area contributed by atoms with Gasteiger partial charge in [0, 0.05) is 24.9 Å². The van der Waals surface area contributed by atoms with Crippen molar-refractivity contribution in [2.45, 2.75) is 31.2 Å². The van der Waals surface area contributed by atoms with E-state index in [0.717, 1.165) is 5.56 Å². The number of carbonyl (C=O) groups is 1. The monoisotopic (exact) mass is 343 g/mol. The van der Waals surface area contributed by atoms with Gasteiger partial charge in [0.15, 0.2) is 5.69 Å². The van der Waals surface area contributed by atoms with E-state index in [1.54, 1.807) is 24.1 Å². The van der Waals surface area contributed by atoms with Crippen LogP contribution in [0.1, 0.15) is 40.6 Å². The lowest BCUT2D eigenvalue weighted by Gasteiger charge is -2.37. The van der Waals surface area contributed by atoms with E-state index in [0.29, 0.717) is 18.9 Å². The van der Waals surface area contributed by atoms with Gasteiger partial charge in [-0.2, -0.15) is 23.4 Å². The number of rotatable bonds is 4. The van der Waals surface area contributed by atoms with Crippen LogP contribution in [0.15, 0.2) is 18.5 Å². The first-order valence-corrected chi connectivity index (χ1v) is 7.34. The van der Waals surface area contributed by atoms with Crippen LogP contribution in [0.3, 0.4) is 0 Å². The first-order chi connectivity index (χ1) is 11.2. The van der Waals surface area contributed by atoms with E-state index in [1.165, 1.54) is 0 Å². The van der Waals surface area contributed by atoms with Crippen LogP contribution in [0.25, 0.3) is 0 Å². The van der Waals surface area contributed by atoms with Crippen LogP contribution in [0.5, 0.6) is 0 Å². The molecule has 0 radical (unpaired) electrons. The molecule has 0 bridgehead atoms. The topological polar surface area (TPSA) is 95.8 Å². The van der Waals surface area contributed by atoms with Crippen LogP contribution in [0.4, 0.5) is 13.2 Å². The molecule has 0 aromatic carbocycles. The van der Waals surface area contributed by atoms with Crippen LogP contribution in [0.2, 0.25) is 0 Å². The molecular formula is C14H16F3N5O2. The third kappa shape index (κ3) is 3.28. The van der Waals surface area contributed by atoms with Crippen molar-refractivity contribution >= 4 is 5.91 Å². The quantitative estimate of drug-likeness (QED) is 0.782. The lowest BCUT2D eigenvalue weighted by molar-refractivity contribution is -0.141. The summed E-state index contributed by atoms with van der Waals surface area (Å²) in [6.07, 6.45) is -0.689. The second kappa shape index (κ2) is 5.93. The number of aliphatic hydroxyl groups is 1. The van der Waals surface area contributed by atoms with E-state index in [-0.39, 0.29) is 11.6 Å². The second-order valence-electron chi connectivity index (χ2n) is 5.95. The summed E-state index contributed by atoms with van der Waals surface area (Å²) in [6, 6.07) is 0.228. The summed E-state index contributed by atoms with van der Waals surface area (Å²) in [5.41, 5.74) is -0.685. The van der Waals surface area contributed by atoms with Crippen LogP contribution < -0.4 is 5.32 Å². The Labute approximate surface area is 134 Å². The minimum Gasteiger partial charge on any atom is -0.393 e. The molecule has 0 aliphatic heterocycles. The largest absolute Gasteiger partial charge is 0.432 e. The highest BCUT2D eigenvalue weighted by Gasteiger charge is 2.37. The lowest BCUT2D eigenvalue weighted by atomic mass is 9.75. The summed E-state index contributed by atoms with van der Waals surface area (Å²) >= 11 is 0. The maximum absolute atomic E-state index is 12.6. The van der Waals surface area contributed by atoms with Crippen molar-refractivity contribution in [3.63, 3.8) is 0 Å². The van der Waals surface area contributed by atoms with Crippen molar-refractivity contribution in [3.05, 3.63) is 35.4 Å². The summed E-state index contributed by atoms with van der Waals surface area (Å²) < 4.78 is 39.3. The number of hydrogen-bond donors (Lipinski definition) is 3. The number of aromatic amines is 1. The van der Waals surface area contributed by atoms with Gasteiger partial charge >= 0.3 is 6.18 Å². The second-order valence-corrected chi connectivity index (χ2v) is 5.95. The number of nitrogens with zero attached hydrogens (tertiary/aromatic N) is 3. The Morgan fingerprint density at radius 1 is 1.50 bits per heavy atom. The van der Waals surface area contributed by atoms with Crippen LogP contribution >= 0.6 is 0 Å². The molecule has 1 aliphatic carbocycles. The number of aromatic nitrogens is 4. The maximum Gasteiger partial charge on any atom is 0.432 e. The summed E-state index contributed by atoms with van der Waals surface area (Å²) in [6.45, 7) is 0. The fraction of sp³-hybridized carbons (Fsp3) is 0.500. The number of amides is 1. The van der Waals surface area contributed by atoms with E-state index in [4.69, 9.17) is 0 Å². The Morgan fingerprint density at radius 3 is 2.71 bits per heavy atom. The van der Waals surface area contributed by atoms with Crippen LogP contribution in [0, 0.1) is 5.92 Å². The zero-order chi connectivity index (χ0) is 17.5. The Hall–Kier alpha value is -2.36. The summed E-state index contributed by atoms with van der Waals surface area (Å²) in [4.78, 5) is 12.3. The predicted octanol–water partition coefficient (Wildman–Crippen LogP) is 1.40. The van der Waals surface area contributed by atoms with E-state index >= 15 is 0 Å². The molecule has 2 aromatic rings. The molecule has 10 heteroatoms. The number of alkyl halides is 3. The fourth-order valence-electron chi connectivity index (χ4n) is 2.77. The molecule has 3 N–H and O–H groups in total. The molecule has 1 saturated carbocycles. The van der Waals surface area contributed by atoms with Gasteiger partial charge in [-0.25, -0.2) is 0 Å². The molecule has 0 unspecified atom stereocenters. The Balaban J connectivity index is 1.77. The predicted molar refractivity (Wildman–Crippen MR) is 75.7 cm³/mol. The van der Waals surface area contributed by atoms with Crippen molar-refractivity contribution in [1.29, 1.82) is 0 Å². The van der Waals surface area contributed by atoms with Gasteiger partial charge in [-0.15, -0.1) is 0 Å². The number of nitrogens with one attached hydrogen (secondary N) is 2. The molecule has 1 aliphatic rings. The van der Waals surface area contributed by atoms with Gasteiger partial charge in [0.2, 0.25) is 0 Å². The Kier molecular flexibility index (Phi) is 4.08. The molecule has 1 amide bonds. The third-order valence-electron chi connectivity index (χ3n) is 4.11. The minimum absolute atomic E-state index is 0.00539. The number of halogens is 3. The SMILES string of the molecule is Cn1cc([C@H](NC(=O)c2cc(C(F)(F)F)[nH]n2)C2CC(O)C2)cn1. The highest BCUT2D eigenvalue weighted by atomic mass is 19.4. The molecule has 2 heterocycles. The number of H-pyrrole nitrogens is 1. The van der Waals surface area contributed by atoms with E-state index in [9.17, 15) is 23.1 Å². The highest BCUT2D eigenvalue weighted by molar-refractivity contribution is 5.92. The van der Waals surface area contributed by atoms with Crippen molar-refractivity contribution in [1.82, 2.24) is 25.3 Å². The summed E-state index contributed by atoms with van der Waals surface area (Å²) in [5, 5.41) is 21.5. The molecule has 2 aromatic heterocycles. The first-order valence-electron chi connectivity index (χ1n) is 7.34. The molecule has 0 spiro atoms. The number of carbonyl (C=O) groups excluding carboxylic acids is 1. The molecule has 1 fully saturated rings.